The summed E-state index contributed by atoms with van der Waals surface area (Å²) in [4.78, 5) is 8.68. The lowest BCUT2D eigenvalue weighted by atomic mass is 10.1. The highest BCUT2D eigenvalue weighted by Crippen LogP contribution is 2.21. The van der Waals surface area contributed by atoms with Crippen molar-refractivity contribution in [3.05, 3.63) is 40.1 Å². The van der Waals surface area contributed by atoms with E-state index in [0.717, 1.165) is 34.9 Å². The van der Waals surface area contributed by atoms with Crippen molar-refractivity contribution >= 4 is 11.3 Å². The van der Waals surface area contributed by atoms with Crippen LogP contribution >= 0.6 is 11.3 Å². The third-order valence-corrected chi connectivity index (χ3v) is 3.71. The standard InChI is InChI=1S/C14H20N4OS/c1-3-4-19-13-5-11(7-16-8-13)14(18-15)6-12-9-20-10(2)17-12/h5,7-9,14,18H,3-4,6,15H2,1-2H3. The quantitative estimate of drug-likeness (QED) is 0.605. The number of thiazole rings is 1. The maximum Gasteiger partial charge on any atom is 0.137 e. The molecule has 5 nitrogen and oxygen atoms in total. The van der Waals surface area contributed by atoms with Crippen LogP contribution in [0, 0.1) is 6.92 Å². The van der Waals surface area contributed by atoms with Gasteiger partial charge in [0.25, 0.3) is 0 Å². The number of nitrogens with two attached hydrogens (primary N) is 1. The number of rotatable bonds is 7. The Hall–Kier alpha value is -1.50. The molecule has 0 aliphatic rings. The Balaban J connectivity index is 2.10. The van der Waals surface area contributed by atoms with Crippen LogP contribution in [-0.4, -0.2) is 16.6 Å². The summed E-state index contributed by atoms with van der Waals surface area (Å²) in [6.45, 7) is 4.77. The molecule has 108 valence electrons. The molecule has 2 aromatic rings. The predicted octanol–water partition coefficient (Wildman–Crippen LogP) is 2.38. The second kappa shape index (κ2) is 7.33. The van der Waals surface area contributed by atoms with Gasteiger partial charge in [-0.1, -0.05) is 6.92 Å². The molecule has 0 fully saturated rings. The van der Waals surface area contributed by atoms with E-state index in [4.69, 9.17) is 10.6 Å². The Morgan fingerprint density at radius 2 is 2.30 bits per heavy atom. The molecule has 2 aromatic heterocycles. The smallest absolute Gasteiger partial charge is 0.137 e. The number of nitrogens with zero attached hydrogens (tertiary/aromatic N) is 2. The van der Waals surface area contributed by atoms with Crippen molar-refractivity contribution in [3.8, 4) is 5.75 Å². The summed E-state index contributed by atoms with van der Waals surface area (Å²) in [7, 11) is 0. The van der Waals surface area contributed by atoms with Gasteiger partial charge in [-0.05, 0) is 25.0 Å². The minimum Gasteiger partial charge on any atom is -0.492 e. The number of hydrogen-bond acceptors (Lipinski definition) is 6. The van der Waals surface area contributed by atoms with E-state index in [0.29, 0.717) is 6.61 Å². The number of pyridine rings is 1. The number of hydrogen-bond donors (Lipinski definition) is 2. The largest absolute Gasteiger partial charge is 0.492 e. The third kappa shape index (κ3) is 4.00. The first-order valence-corrected chi connectivity index (χ1v) is 7.55. The van der Waals surface area contributed by atoms with E-state index in [1.54, 1.807) is 17.5 Å². The highest BCUT2D eigenvalue weighted by molar-refractivity contribution is 7.09. The summed E-state index contributed by atoms with van der Waals surface area (Å²) in [5.74, 6) is 6.44. The molecule has 2 rings (SSSR count). The number of nitrogens with one attached hydrogen (secondary N) is 1. The van der Waals surface area contributed by atoms with E-state index in [1.165, 1.54) is 0 Å². The van der Waals surface area contributed by atoms with Crippen molar-refractivity contribution in [2.75, 3.05) is 6.61 Å². The normalized spacial score (nSPS) is 12.3. The lowest BCUT2D eigenvalue weighted by molar-refractivity contribution is 0.315. The van der Waals surface area contributed by atoms with Gasteiger partial charge >= 0.3 is 0 Å². The first-order valence-electron chi connectivity index (χ1n) is 6.67. The Morgan fingerprint density at radius 3 is 2.95 bits per heavy atom. The van der Waals surface area contributed by atoms with Crippen LogP contribution in [0.5, 0.6) is 5.75 Å². The molecule has 0 spiro atoms. The monoisotopic (exact) mass is 292 g/mol. The fourth-order valence-electron chi connectivity index (χ4n) is 1.91. The van der Waals surface area contributed by atoms with Crippen LogP contribution < -0.4 is 16.0 Å². The number of aromatic nitrogens is 2. The molecule has 0 bridgehead atoms. The molecule has 0 amide bonds. The lowest BCUT2D eigenvalue weighted by Gasteiger charge is -2.15. The topological polar surface area (TPSA) is 73.1 Å². The summed E-state index contributed by atoms with van der Waals surface area (Å²) >= 11 is 1.65. The Bertz CT molecular complexity index is 543. The summed E-state index contributed by atoms with van der Waals surface area (Å²) in [5.41, 5.74) is 4.87. The van der Waals surface area contributed by atoms with Crippen molar-refractivity contribution in [1.82, 2.24) is 15.4 Å². The van der Waals surface area contributed by atoms with Crippen LogP contribution in [-0.2, 0) is 6.42 Å². The van der Waals surface area contributed by atoms with Gasteiger partial charge in [0.1, 0.15) is 5.75 Å². The average Bonchev–Trinajstić information content (AvgIpc) is 2.88. The van der Waals surface area contributed by atoms with Gasteiger partial charge in [-0.3, -0.25) is 16.3 Å². The van der Waals surface area contributed by atoms with Crippen LogP contribution in [0.25, 0.3) is 0 Å². The molecule has 1 unspecified atom stereocenters. The van der Waals surface area contributed by atoms with E-state index < -0.39 is 0 Å². The maximum absolute atomic E-state index is 5.67. The molecular weight excluding hydrogens is 272 g/mol. The van der Waals surface area contributed by atoms with Crippen molar-refractivity contribution in [2.24, 2.45) is 5.84 Å². The van der Waals surface area contributed by atoms with Crippen molar-refractivity contribution in [3.63, 3.8) is 0 Å². The number of hydrazine groups is 1. The molecule has 0 aliphatic heterocycles. The Labute approximate surface area is 123 Å². The molecule has 0 saturated carbocycles. The van der Waals surface area contributed by atoms with Gasteiger partial charge in [0, 0.05) is 18.0 Å². The first kappa shape index (κ1) is 14.9. The van der Waals surface area contributed by atoms with Crippen LogP contribution in [0.4, 0.5) is 0 Å². The van der Waals surface area contributed by atoms with E-state index in [1.807, 2.05) is 19.2 Å². The highest BCUT2D eigenvalue weighted by atomic mass is 32.1. The second-order valence-electron chi connectivity index (χ2n) is 4.58. The Morgan fingerprint density at radius 1 is 1.45 bits per heavy atom. The second-order valence-corrected chi connectivity index (χ2v) is 5.65. The molecule has 0 aliphatic carbocycles. The van der Waals surface area contributed by atoms with Crippen molar-refractivity contribution < 1.29 is 4.74 Å². The van der Waals surface area contributed by atoms with Gasteiger partial charge < -0.3 is 4.74 Å². The van der Waals surface area contributed by atoms with E-state index in [9.17, 15) is 0 Å². The molecule has 0 aromatic carbocycles. The molecule has 2 heterocycles. The van der Waals surface area contributed by atoms with Crippen LogP contribution in [0.3, 0.4) is 0 Å². The zero-order chi connectivity index (χ0) is 14.4. The summed E-state index contributed by atoms with van der Waals surface area (Å²) in [6, 6.07) is 1.96. The van der Waals surface area contributed by atoms with Gasteiger partial charge in [0.05, 0.1) is 29.5 Å². The fraction of sp³-hybridized carbons (Fsp3) is 0.429. The zero-order valence-corrected chi connectivity index (χ0v) is 12.6. The molecule has 0 radical (unpaired) electrons. The van der Waals surface area contributed by atoms with Crippen LogP contribution in [0.1, 0.15) is 35.7 Å². The van der Waals surface area contributed by atoms with Gasteiger partial charge in [-0.2, -0.15) is 0 Å². The Kier molecular flexibility index (Phi) is 5.46. The minimum atomic E-state index is -0.0193. The van der Waals surface area contributed by atoms with E-state index in [2.05, 4.69) is 27.7 Å². The number of ether oxygens (including phenoxy) is 1. The highest BCUT2D eigenvalue weighted by Gasteiger charge is 2.13. The molecule has 20 heavy (non-hydrogen) atoms. The van der Waals surface area contributed by atoms with Gasteiger partial charge in [0.2, 0.25) is 0 Å². The van der Waals surface area contributed by atoms with E-state index >= 15 is 0 Å². The number of aryl methyl sites for hydroxylation is 1. The van der Waals surface area contributed by atoms with Crippen LogP contribution in [0.15, 0.2) is 23.8 Å². The fourth-order valence-corrected chi connectivity index (χ4v) is 2.53. The predicted molar refractivity (Wildman–Crippen MR) is 80.6 cm³/mol. The lowest BCUT2D eigenvalue weighted by Crippen LogP contribution is -2.29. The third-order valence-electron chi connectivity index (χ3n) is 2.89. The zero-order valence-electron chi connectivity index (χ0n) is 11.8. The van der Waals surface area contributed by atoms with Gasteiger partial charge in [0.15, 0.2) is 0 Å². The minimum absolute atomic E-state index is 0.0193. The summed E-state index contributed by atoms with van der Waals surface area (Å²) in [6.07, 6.45) is 5.24. The average molecular weight is 292 g/mol. The first-order chi connectivity index (χ1) is 9.72. The van der Waals surface area contributed by atoms with Crippen molar-refractivity contribution in [1.29, 1.82) is 0 Å². The van der Waals surface area contributed by atoms with Gasteiger partial charge in [-0.15, -0.1) is 11.3 Å². The SMILES string of the molecule is CCCOc1cncc(C(Cc2csc(C)n2)NN)c1. The van der Waals surface area contributed by atoms with Crippen LogP contribution in [0.2, 0.25) is 0 Å². The molecule has 3 N–H and O–H groups in total. The van der Waals surface area contributed by atoms with E-state index in [-0.39, 0.29) is 6.04 Å². The van der Waals surface area contributed by atoms with Crippen molar-refractivity contribution in [2.45, 2.75) is 32.7 Å². The maximum atomic E-state index is 5.67. The summed E-state index contributed by atoms with van der Waals surface area (Å²) < 4.78 is 5.60. The molecule has 6 heteroatoms. The molecule has 0 saturated heterocycles. The van der Waals surface area contributed by atoms with Gasteiger partial charge in [-0.25, -0.2) is 4.98 Å². The molecular formula is C14H20N4OS. The summed E-state index contributed by atoms with van der Waals surface area (Å²) in [5, 5.41) is 3.12. The molecule has 1 atom stereocenters.